The van der Waals surface area contributed by atoms with Gasteiger partial charge in [-0.05, 0) is 30.3 Å². The molecule has 4 aromatic rings. The van der Waals surface area contributed by atoms with Gasteiger partial charge < -0.3 is 4.90 Å². The van der Waals surface area contributed by atoms with E-state index >= 15 is 0 Å². The number of pyridine rings is 1. The second-order valence-electron chi connectivity index (χ2n) is 7.39. The average molecular weight is 394 g/mol. The summed E-state index contributed by atoms with van der Waals surface area (Å²) in [7, 11) is 1.67. The summed E-state index contributed by atoms with van der Waals surface area (Å²) in [6.07, 6.45) is 0. The predicted octanol–water partition coefficient (Wildman–Crippen LogP) is 3.94. The fourth-order valence-corrected chi connectivity index (χ4v) is 4.13. The first-order chi connectivity index (χ1) is 14.6. The molecule has 1 amide bonds. The minimum absolute atomic E-state index is 0.105. The van der Waals surface area contributed by atoms with Gasteiger partial charge in [-0.2, -0.15) is 0 Å². The maximum Gasteiger partial charge on any atom is 0.263 e. The topological polar surface area (TPSA) is 59.4 Å². The van der Waals surface area contributed by atoms with Crippen LogP contribution in [0.3, 0.4) is 0 Å². The van der Waals surface area contributed by atoms with E-state index in [-0.39, 0.29) is 23.8 Å². The van der Waals surface area contributed by atoms with Crippen LogP contribution in [0.15, 0.2) is 83.7 Å². The Labute approximate surface area is 172 Å². The molecule has 146 valence electrons. The molecule has 5 rings (SSSR count). The number of hydrogen-bond donors (Lipinski definition) is 0. The second-order valence-corrected chi connectivity index (χ2v) is 7.39. The molecule has 1 aliphatic rings. The smallest absolute Gasteiger partial charge is 0.263 e. The van der Waals surface area contributed by atoms with Gasteiger partial charge in [0, 0.05) is 34.7 Å². The minimum Gasteiger partial charge on any atom is -0.337 e. The van der Waals surface area contributed by atoms with Gasteiger partial charge in [-0.1, -0.05) is 48.5 Å². The molecule has 5 nitrogen and oxygen atoms in total. The fraction of sp³-hybridized carbons (Fsp3) is 0.0800. The molecule has 0 N–H and O–H groups in total. The Morgan fingerprint density at radius 1 is 0.833 bits per heavy atom. The normalized spacial score (nSPS) is 12.0. The van der Waals surface area contributed by atoms with Crippen molar-refractivity contribution >= 4 is 22.7 Å². The van der Waals surface area contributed by atoms with E-state index in [1.165, 1.54) is 4.90 Å². The van der Waals surface area contributed by atoms with Crippen molar-refractivity contribution in [3.8, 4) is 11.3 Å². The molecule has 0 fully saturated rings. The van der Waals surface area contributed by atoms with Gasteiger partial charge in [0.2, 0.25) is 0 Å². The molecule has 0 saturated carbocycles. The van der Waals surface area contributed by atoms with Crippen molar-refractivity contribution in [2.45, 2.75) is 6.54 Å². The molecule has 30 heavy (non-hydrogen) atoms. The van der Waals surface area contributed by atoms with Crippen LogP contribution in [0.4, 0.5) is 0 Å². The highest BCUT2D eigenvalue weighted by molar-refractivity contribution is 6.13. The third-order valence-electron chi connectivity index (χ3n) is 5.55. The largest absolute Gasteiger partial charge is 0.337 e. The van der Waals surface area contributed by atoms with Crippen LogP contribution in [0.1, 0.15) is 26.3 Å². The van der Waals surface area contributed by atoms with Gasteiger partial charge in [-0.25, -0.2) is 0 Å². The minimum atomic E-state index is -0.181. The van der Waals surface area contributed by atoms with Crippen molar-refractivity contribution < 1.29 is 9.59 Å². The molecule has 0 bridgehead atoms. The first-order valence-corrected chi connectivity index (χ1v) is 9.69. The number of aromatic nitrogens is 1. The summed E-state index contributed by atoms with van der Waals surface area (Å²) < 4.78 is 1.61. The zero-order chi connectivity index (χ0) is 20.8. The first-order valence-electron chi connectivity index (χ1n) is 9.69. The maximum absolute atomic E-state index is 13.4. The number of amides is 1. The third kappa shape index (κ3) is 2.59. The Bertz CT molecular complexity index is 1390. The molecular formula is C25H18N2O3. The number of benzene rings is 3. The van der Waals surface area contributed by atoms with Gasteiger partial charge in [0.25, 0.3) is 11.8 Å². The SMILES string of the molecule is CN(Cc1c2n(c3ccccc3c1=O)C(=O)c1ccccc1-2)C(=O)c1ccccc1. The summed E-state index contributed by atoms with van der Waals surface area (Å²) in [5.41, 5.74) is 3.28. The highest BCUT2D eigenvalue weighted by atomic mass is 16.2. The summed E-state index contributed by atoms with van der Waals surface area (Å²) in [4.78, 5) is 41.0. The van der Waals surface area contributed by atoms with Crippen molar-refractivity contribution in [2.24, 2.45) is 0 Å². The van der Waals surface area contributed by atoms with Gasteiger partial charge in [0.05, 0.1) is 17.8 Å². The second kappa shape index (κ2) is 6.81. The van der Waals surface area contributed by atoms with E-state index < -0.39 is 0 Å². The molecule has 0 spiro atoms. The number of nitrogens with zero attached hydrogens (tertiary/aromatic N) is 2. The van der Waals surface area contributed by atoms with Crippen LogP contribution in [-0.2, 0) is 6.54 Å². The molecular weight excluding hydrogens is 376 g/mol. The lowest BCUT2D eigenvalue weighted by atomic mass is 10.0. The van der Waals surface area contributed by atoms with Gasteiger partial charge in [0.15, 0.2) is 5.43 Å². The highest BCUT2D eigenvalue weighted by Gasteiger charge is 2.32. The van der Waals surface area contributed by atoms with Crippen molar-refractivity contribution in [2.75, 3.05) is 7.05 Å². The molecule has 5 heteroatoms. The number of para-hydroxylation sites is 1. The van der Waals surface area contributed by atoms with Gasteiger partial charge in [-0.3, -0.25) is 19.0 Å². The van der Waals surface area contributed by atoms with E-state index in [0.717, 1.165) is 5.56 Å². The first kappa shape index (κ1) is 18.1. The molecule has 1 aromatic heterocycles. The average Bonchev–Trinajstić information content (AvgIpc) is 3.09. The number of carbonyl (C=O) groups excluding carboxylic acids is 2. The molecule has 3 aromatic carbocycles. The Morgan fingerprint density at radius 3 is 2.23 bits per heavy atom. The van der Waals surface area contributed by atoms with E-state index in [0.29, 0.717) is 33.3 Å². The molecule has 0 unspecified atom stereocenters. The maximum atomic E-state index is 13.4. The fourth-order valence-electron chi connectivity index (χ4n) is 4.13. The Kier molecular flexibility index (Phi) is 4.10. The van der Waals surface area contributed by atoms with E-state index in [4.69, 9.17) is 0 Å². The van der Waals surface area contributed by atoms with Gasteiger partial charge >= 0.3 is 0 Å². The van der Waals surface area contributed by atoms with Gasteiger partial charge in [0.1, 0.15) is 0 Å². The summed E-state index contributed by atoms with van der Waals surface area (Å²) >= 11 is 0. The van der Waals surface area contributed by atoms with Crippen LogP contribution in [0, 0.1) is 0 Å². The Balaban J connectivity index is 1.72. The number of hydrogen-bond acceptors (Lipinski definition) is 3. The van der Waals surface area contributed by atoms with E-state index in [9.17, 15) is 14.4 Å². The summed E-state index contributed by atoms with van der Waals surface area (Å²) in [6.45, 7) is 0.105. The molecule has 0 radical (unpaired) electrons. The van der Waals surface area contributed by atoms with Crippen LogP contribution in [0.5, 0.6) is 0 Å². The van der Waals surface area contributed by atoms with E-state index in [1.807, 2.05) is 30.3 Å². The van der Waals surface area contributed by atoms with Gasteiger partial charge in [-0.15, -0.1) is 0 Å². The van der Waals surface area contributed by atoms with Crippen LogP contribution in [0.2, 0.25) is 0 Å². The molecule has 1 aliphatic heterocycles. The van der Waals surface area contributed by atoms with Crippen molar-refractivity contribution in [1.29, 1.82) is 0 Å². The number of fused-ring (bicyclic) bond motifs is 5. The monoisotopic (exact) mass is 394 g/mol. The summed E-state index contributed by atoms with van der Waals surface area (Å²) in [5, 5.41) is 0.470. The lowest BCUT2D eigenvalue weighted by Gasteiger charge is -2.20. The van der Waals surface area contributed by atoms with Crippen molar-refractivity contribution in [3.63, 3.8) is 0 Å². The summed E-state index contributed by atoms with van der Waals surface area (Å²) in [5.74, 6) is -0.338. The van der Waals surface area contributed by atoms with Crippen LogP contribution < -0.4 is 5.43 Å². The Morgan fingerprint density at radius 2 is 1.47 bits per heavy atom. The summed E-state index contributed by atoms with van der Waals surface area (Å²) in [6, 6.07) is 23.3. The number of carbonyl (C=O) groups is 2. The lowest BCUT2D eigenvalue weighted by molar-refractivity contribution is 0.0785. The zero-order valence-electron chi connectivity index (χ0n) is 16.3. The lowest BCUT2D eigenvalue weighted by Crippen LogP contribution is -2.30. The quantitative estimate of drug-likeness (QED) is 0.466. The van der Waals surface area contributed by atoms with E-state index in [2.05, 4.69) is 0 Å². The zero-order valence-corrected chi connectivity index (χ0v) is 16.3. The highest BCUT2D eigenvalue weighted by Crippen LogP contribution is 2.36. The molecule has 0 atom stereocenters. The van der Waals surface area contributed by atoms with Crippen molar-refractivity contribution in [1.82, 2.24) is 9.47 Å². The van der Waals surface area contributed by atoms with E-state index in [1.54, 1.807) is 60.1 Å². The molecule has 2 heterocycles. The van der Waals surface area contributed by atoms with Crippen LogP contribution in [-0.4, -0.2) is 28.3 Å². The molecule has 0 aliphatic carbocycles. The van der Waals surface area contributed by atoms with Crippen LogP contribution in [0.25, 0.3) is 22.2 Å². The molecule has 0 saturated heterocycles. The number of rotatable bonds is 3. The Hall–Kier alpha value is -3.99. The van der Waals surface area contributed by atoms with Crippen LogP contribution >= 0.6 is 0 Å². The third-order valence-corrected chi connectivity index (χ3v) is 5.55. The van der Waals surface area contributed by atoms with Crippen molar-refractivity contribution in [3.05, 3.63) is 106 Å². The standard InChI is InChI=1S/C25H18N2O3/c1-26(24(29)16-9-3-2-4-10-16)15-20-22-17-11-5-6-12-18(17)25(30)27(22)21-14-8-7-13-19(21)23(20)28/h2-14H,15H2,1H3. The predicted molar refractivity (Wildman–Crippen MR) is 116 cm³/mol.